The number of halogens is 1. The number of aryl methyl sites for hydroxylation is 1. The van der Waals surface area contributed by atoms with Crippen LogP contribution in [0.1, 0.15) is 21.6 Å². The van der Waals surface area contributed by atoms with Crippen LogP contribution < -0.4 is 10.2 Å². The average molecular weight is 352 g/mol. The van der Waals surface area contributed by atoms with Gasteiger partial charge in [-0.15, -0.1) is 0 Å². The molecule has 0 saturated heterocycles. The molecule has 0 unspecified atom stereocenters. The Morgan fingerprint density at radius 2 is 2.10 bits per heavy atom. The highest BCUT2D eigenvalue weighted by molar-refractivity contribution is 9.10. The first-order valence-corrected chi connectivity index (χ1v) is 6.98. The van der Waals surface area contributed by atoms with E-state index in [0.717, 1.165) is 10.0 Å². The second-order valence-electron chi connectivity index (χ2n) is 4.58. The average Bonchev–Trinajstić information content (AvgIpc) is 2.43. The van der Waals surface area contributed by atoms with Gasteiger partial charge in [0.2, 0.25) is 0 Å². The van der Waals surface area contributed by atoms with Gasteiger partial charge >= 0.3 is 5.97 Å². The van der Waals surface area contributed by atoms with Gasteiger partial charge in [0.1, 0.15) is 11.3 Å². The van der Waals surface area contributed by atoms with Crippen LogP contribution >= 0.6 is 15.9 Å². The number of benzene rings is 1. The van der Waals surface area contributed by atoms with Crippen LogP contribution in [0.3, 0.4) is 0 Å². The Morgan fingerprint density at radius 1 is 1.38 bits per heavy atom. The Morgan fingerprint density at radius 3 is 2.71 bits per heavy atom. The van der Waals surface area contributed by atoms with E-state index >= 15 is 0 Å². The summed E-state index contributed by atoms with van der Waals surface area (Å²) in [7, 11) is 1.58. The maximum atomic E-state index is 11.6. The number of hydrogen-bond acceptors (Lipinski definition) is 3. The van der Waals surface area contributed by atoms with Crippen molar-refractivity contribution in [2.45, 2.75) is 13.5 Å². The van der Waals surface area contributed by atoms with Crippen molar-refractivity contribution in [2.24, 2.45) is 0 Å². The molecule has 5 nitrogen and oxygen atoms in total. The number of carboxylic acid groups (broad SMARTS) is 1. The fraction of sp³-hybridized carbons (Fsp3) is 0.200. The predicted molar refractivity (Wildman–Crippen MR) is 82.2 cm³/mol. The number of pyridine rings is 1. The molecule has 0 aliphatic heterocycles. The Kier molecular flexibility index (Phi) is 4.47. The van der Waals surface area contributed by atoms with E-state index < -0.39 is 11.4 Å². The number of ether oxygens (including phenoxy) is 1. The van der Waals surface area contributed by atoms with Gasteiger partial charge in [0.05, 0.1) is 7.11 Å². The third kappa shape index (κ3) is 3.33. The van der Waals surface area contributed by atoms with E-state index in [1.54, 1.807) is 18.6 Å². The maximum absolute atomic E-state index is 11.6. The number of rotatable bonds is 4. The standard InChI is InChI=1S/C15H14BrNO4/c1-9-5-14(18)12(15(19)20)8-17(9)7-10-6-11(21-2)3-4-13(10)16/h3-6,8H,7H2,1-2H3,(H,19,20). The summed E-state index contributed by atoms with van der Waals surface area (Å²) in [6.07, 6.45) is 1.37. The molecule has 1 heterocycles. The molecule has 1 aromatic carbocycles. The lowest BCUT2D eigenvalue weighted by Crippen LogP contribution is -2.19. The molecule has 0 amide bonds. The van der Waals surface area contributed by atoms with Gasteiger partial charge in [-0.05, 0) is 30.7 Å². The monoisotopic (exact) mass is 351 g/mol. The predicted octanol–water partition coefficient (Wildman–Crippen LogP) is 2.67. The minimum atomic E-state index is -1.22. The van der Waals surface area contributed by atoms with Gasteiger partial charge in [0, 0.05) is 29.0 Å². The van der Waals surface area contributed by atoms with Crippen LogP contribution in [0.15, 0.2) is 39.7 Å². The third-order valence-electron chi connectivity index (χ3n) is 3.17. The number of methoxy groups -OCH3 is 1. The highest BCUT2D eigenvalue weighted by Crippen LogP contribution is 2.23. The van der Waals surface area contributed by atoms with Crippen molar-refractivity contribution in [3.05, 3.63) is 62.0 Å². The summed E-state index contributed by atoms with van der Waals surface area (Å²) < 4.78 is 7.80. The molecule has 0 fully saturated rings. The van der Waals surface area contributed by atoms with Gasteiger partial charge in [-0.1, -0.05) is 15.9 Å². The molecule has 1 aromatic heterocycles. The van der Waals surface area contributed by atoms with Crippen LogP contribution in [0.2, 0.25) is 0 Å². The van der Waals surface area contributed by atoms with Gasteiger partial charge in [0.25, 0.3) is 0 Å². The number of aromatic carboxylic acids is 1. The van der Waals surface area contributed by atoms with E-state index in [9.17, 15) is 9.59 Å². The summed E-state index contributed by atoms with van der Waals surface area (Å²) in [4.78, 5) is 22.7. The van der Waals surface area contributed by atoms with E-state index in [1.807, 2.05) is 18.2 Å². The SMILES string of the molecule is COc1ccc(Br)c(Cn2cc(C(=O)O)c(=O)cc2C)c1. The first-order chi connectivity index (χ1) is 9.92. The van der Waals surface area contributed by atoms with Crippen molar-refractivity contribution < 1.29 is 14.6 Å². The first kappa shape index (κ1) is 15.3. The van der Waals surface area contributed by atoms with Crippen LogP contribution in [0, 0.1) is 6.92 Å². The lowest BCUT2D eigenvalue weighted by atomic mass is 10.2. The lowest BCUT2D eigenvalue weighted by Gasteiger charge is -2.13. The minimum Gasteiger partial charge on any atom is -0.497 e. The van der Waals surface area contributed by atoms with E-state index in [2.05, 4.69) is 15.9 Å². The topological polar surface area (TPSA) is 68.5 Å². The molecule has 0 atom stereocenters. The second kappa shape index (κ2) is 6.13. The Hall–Kier alpha value is -2.08. The van der Waals surface area contributed by atoms with Crippen LogP contribution in [0.4, 0.5) is 0 Å². The Balaban J connectivity index is 2.46. The van der Waals surface area contributed by atoms with Crippen molar-refractivity contribution >= 4 is 21.9 Å². The number of aromatic nitrogens is 1. The van der Waals surface area contributed by atoms with Gasteiger partial charge in [-0.2, -0.15) is 0 Å². The molecular formula is C15H14BrNO4. The summed E-state index contributed by atoms with van der Waals surface area (Å²) in [5.74, 6) is -0.510. The van der Waals surface area contributed by atoms with Gasteiger partial charge in [-0.25, -0.2) is 4.79 Å². The highest BCUT2D eigenvalue weighted by atomic mass is 79.9. The molecule has 0 aliphatic rings. The zero-order valence-electron chi connectivity index (χ0n) is 11.6. The zero-order chi connectivity index (χ0) is 15.6. The fourth-order valence-corrected chi connectivity index (χ4v) is 2.36. The minimum absolute atomic E-state index is 0.236. The summed E-state index contributed by atoms with van der Waals surface area (Å²) in [6.45, 7) is 2.20. The van der Waals surface area contributed by atoms with Crippen molar-refractivity contribution in [2.75, 3.05) is 7.11 Å². The van der Waals surface area contributed by atoms with E-state index in [0.29, 0.717) is 18.0 Å². The molecular weight excluding hydrogens is 338 g/mol. The number of carboxylic acids is 1. The summed E-state index contributed by atoms with van der Waals surface area (Å²) >= 11 is 3.46. The quantitative estimate of drug-likeness (QED) is 0.919. The number of hydrogen-bond donors (Lipinski definition) is 1. The van der Waals surface area contributed by atoms with E-state index in [4.69, 9.17) is 9.84 Å². The maximum Gasteiger partial charge on any atom is 0.341 e. The van der Waals surface area contributed by atoms with Crippen LogP contribution in [-0.4, -0.2) is 22.8 Å². The first-order valence-electron chi connectivity index (χ1n) is 6.19. The smallest absolute Gasteiger partial charge is 0.341 e. The molecule has 2 aromatic rings. The van der Waals surface area contributed by atoms with Gasteiger partial charge < -0.3 is 14.4 Å². The summed E-state index contributed by atoms with van der Waals surface area (Å²) in [5.41, 5.74) is 0.901. The second-order valence-corrected chi connectivity index (χ2v) is 5.44. The van der Waals surface area contributed by atoms with Crippen molar-refractivity contribution in [3.63, 3.8) is 0 Å². The zero-order valence-corrected chi connectivity index (χ0v) is 13.2. The normalized spacial score (nSPS) is 10.4. The van der Waals surface area contributed by atoms with Crippen LogP contribution in [0.5, 0.6) is 5.75 Å². The van der Waals surface area contributed by atoms with E-state index in [-0.39, 0.29) is 5.56 Å². The third-order valence-corrected chi connectivity index (χ3v) is 3.94. The lowest BCUT2D eigenvalue weighted by molar-refractivity contribution is 0.0694. The number of nitrogens with zero attached hydrogens (tertiary/aromatic N) is 1. The molecule has 6 heteroatoms. The van der Waals surface area contributed by atoms with Crippen LogP contribution in [-0.2, 0) is 6.54 Å². The Bertz CT molecular complexity index is 752. The van der Waals surface area contributed by atoms with Gasteiger partial charge in [0.15, 0.2) is 5.43 Å². The number of carbonyl (C=O) groups is 1. The Labute approximate surface area is 129 Å². The van der Waals surface area contributed by atoms with Crippen LogP contribution in [0.25, 0.3) is 0 Å². The molecule has 110 valence electrons. The molecule has 21 heavy (non-hydrogen) atoms. The van der Waals surface area contributed by atoms with Crippen molar-refractivity contribution in [1.82, 2.24) is 4.57 Å². The van der Waals surface area contributed by atoms with E-state index in [1.165, 1.54) is 12.3 Å². The molecule has 0 saturated carbocycles. The molecule has 0 aliphatic carbocycles. The summed E-state index contributed by atoms with van der Waals surface area (Å²) in [6, 6.07) is 6.89. The molecule has 1 N–H and O–H groups in total. The van der Waals surface area contributed by atoms with Gasteiger partial charge in [-0.3, -0.25) is 4.79 Å². The van der Waals surface area contributed by atoms with Crippen molar-refractivity contribution in [1.29, 1.82) is 0 Å². The molecule has 2 rings (SSSR count). The van der Waals surface area contributed by atoms with Crippen molar-refractivity contribution in [3.8, 4) is 5.75 Å². The molecule has 0 spiro atoms. The highest BCUT2D eigenvalue weighted by Gasteiger charge is 2.12. The summed E-state index contributed by atoms with van der Waals surface area (Å²) in [5, 5.41) is 9.04. The molecule has 0 bridgehead atoms. The fourth-order valence-electron chi connectivity index (χ4n) is 1.99. The molecule has 0 radical (unpaired) electrons. The largest absolute Gasteiger partial charge is 0.497 e.